The lowest BCUT2D eigenvalue weighted by molar-refractivity contribution is 0.228. The zero-order chi connectivity index (χ0) is 13.7. The van der Waals surface area contributed by atoms with Crippen LogP contribution in [0.3, 0.4) is 0 Å². The van der Waals surface area contributed by atoms with E-state index in [4.69, 9.17) is 23.2 Å². The number of nitrogens with one attached hydrogen (secondary N) is 1. The monoisotopic (exact) mass is 301 g/mol. The lowest BCUT2D eigenvalue weighted by atomic mass is 10.0. The van der Waals surface area contributed by atoms with Crippen LogP contribution in [0.2, 0.25) is 10.0 Å². The minimum atomic E-state index is -0.130. The van der Waals surface area contributed by atoms with E-state index in [0.717, 1.165) is 5.56 Å². The van der Waals surface area contributed by atoms with Gasteiger partial charge in [-0.05, 0) is 36.6 Å². The minimum absolute atomic E-state index is 0.0383. The maximum absolute atomic E-state index is 9.63. The molecule has 1 aromatic rings. The first kappa shape index (κ1) is 15.1. The highest BCUT2D eigenvalue weighted by Gasteiger charge is 2.19. The Labute approximate surface area is 125 Å². The maximum Gasteiger partial charge on any atom is 0.0627 e. The third-order valence-corrected chi connectivity index (χ3v) is 4.39. The highest BCUT2D eigenvalue weighted by molar-refractivity contribution is 6.33. The molecule has 1 aliphatic rings. The number of aliphatic hydroxyl groups excluding tert-OH is 1. The van der Waals surface area contributed by atoms with Gasteiger partial charge in [-0.2, -0.15) is 0 Å². The topological polar surface area (TPSA) is 32.3 Å². The summed E-state index contributed by atoms with van der Waals surface area (Å²) in [6, 6.07) is 5.74. The summed E-state index contributed by atoms with van der Waals surface area (Å²) in [5, 5.41) is 14.5. The number of halogens is 2. The molecular weight excluding hydrogens is 281 g/mol. The van der Waals surface area contributed by atoms with Gasteiger partial charge in [-0.15, -0.1) is 0 Å². The number of rotatable bonds is 4. The van der Waals surface area contributed by atoms with Gasteiger partial charge in [-0.1, -0.05) is 48.9 Å². The Bertz CT molecular complexity index is 403. The van der Waals surface area contributed by atoms with Crippen LogP contribution in [-0.2, 0) is 0 Å². The van der Waals surface area contributed by atoms with Crippen molar-refractivity contribution in [2.75, 3.05) is 6.61 Å². The molecule has 2 rings (SSSR count). The molecule has 1 aliphatic carbocycles. The van der Waals surface area contributed by atoms with Gasteiger partial charge in [0.2, 0.25) is 0 Å². The summed E-state index contributed by atoms with van der Waals surface area (Å²) >= 11 is 12.2. The summed E-state index contributed by atoms with van der Waals surface area (Å²) in [7, 11) is 0. The van der Waals surface area contributed by atoms with Gasteiger partial charge in [-0.3, -0.25) is 0 Å². The van der Waals surface area contributed by atoms with Crippen LogP contribution in [0, 0.1) is 0 Å². The van der Waals surface area contributed by atoms with Gasteiger partial charge < -0.3 is 10.4 Å². The molecule has 19 heavy (non-hydrogen) atoms. The summed E-state index contributed by atoms with van der Waals surface area (Å²) in [4.78, 5) is 0. The van der Waals surface area contributed by atoms with Gasteiger partial charge in [-0.25, -0.2) is 0 Å². The number of hydrogen-bond acceptors (Lipinski definition) is 2. The van der Waals surface area contributed by atoms with Gasteiger partial charge in [0.1, 0.15) is 0 Å². The SMILES string of the molecule is OCC(NC1CCCCCC1)c1cc(Cl)ccc1Cl. The molecular formula is C15H21Cl2NO. The predicted molar refractivity (Wildman–Crippen MR) is 80.9 cm³/mol. The van der Waals surface area contributed by atoms with Crippen LogP contribution in [0.5, 0.6) is 0 Å². The van der Waals surface area contributed by atoms with E-state index in [-0.39, 0.29) is 12.6 Å². The van der Waals surface area contributed by atoms with E-state index in [1.165, 1.54) is 38.5 Å². The van der Waals surface area contributed by atoms with Crippen molar-refractivity contribution in [3.05, 3.63) is 33.8 Å². The normalized spacial score (nSPS) is 19.1. The Kier molecular flexibility index (Phi) is 5.96. The predicted octanol–water partition coefficient (Wildman–Crippen LogP) is 4.34. The van der Waals surface area contributed by atoms with Crippen molar-refractivity contribution >= 4 is 23.2 Å². The number of hydrogen-bond donors (Lipinski definition) is 2. The van der Waals surface area contributed by atoms with E-state index in [1.807, 2.05) is 6.07 Å². The molecule has 2 nitrogen and oxygen atoms in total. The molecule has 1 fully saturated rings. The minimum Gasteiger partial charge on any atom is -0.394 e. The smallest absolute Gasteiger partial charge is 0.0627 e. The summed E-state index contributed by atoms with van der Waals surface area (Å²) < 4.78 is 0. The van der Waals surface area contributed by atoms with Crippen molar-refractivity contribution in [1.82, 2.24) is 5.32 Å². The standard InChI is InChI=1S/C15H21Cl2NO/c16-11-7-8-14(17)13(9-11)15(10-19)18-12-5-3-1-2-4-6-12/h7-9,12,15,18-19H,1-6,10H2. The Hall–Kier alpha value is -0.280. The maximum atomic E-state index is 9.63. The van der Waals surface area contributed by atoms with Gasteiger partial charge in [0, 0.05) is 16.1 Å². The van der Waals surface area contributed by atoms with E-state index in [0.29, 0.717) is 16.1 Å². The van der Waals surface area contributed by atoms with Crippen LogP contribution in [0.1, 0.15) is 50.1 Å². The fourth-order valence-corrected chi connectivity index (χ4v) is 3.18. The second-order valence-corrected chi connectivity index (χ2v) is 6.10. The van der Waals surface area contributed by atoms with Crippen molar-refractivity contribution in [2.45, 2.75) is 50.6 Å². The molecule has 0 bridgehead atoms. The number of aliphatic hydroxyl groups is 1. The lowest BCUT2D eigenvalue weighted by Gasteiger charge is -2.24. The lowest BCUT2D eigenvalue weighted by Crippen LogP contribution is -2.34. The molecule has 0 amide bonds. The molecule has 2 N–H and O–H groups in total. The quantitative estimate of drug-likeness (QED) is 0.811. The van der Waals surface area contributed by atoms with E-state index in [2.05, 4.69) is 5.32 Å². The van der Waals surface area contributed by atoms with Crippen molar-refractivity contribution in [3.63, 3.8) is 0 Å². The molecule has 106 valence electrons. The third-order valence-electron chi connectivity index (χ3n) is 3.81. The van der Waals surface area contributed by atoms with Crippen molar-refractivity contribution < 1.29 is 5.11 Å². The zero-order valence-electron chi connectivity index (χ0n) is 11.0. The van der Waals surface area contributed by atoms with Crippen LogP contribution in [0.4, 0.5) is 0 Å². The summed E-state index contributed by atoms with van der Waals surface area (Å²) in [5.41, 5.74) is 0.890. The Balaban J connectivity index is 2.08. The molecule has 0 radical (unpaired) electrons. The molecule has 0 aromatic heterocycles. The summed E-state index contributed by atoms with van der Waals surface area (Å²) in [6.07, 6.45) is 7.52. The highest BCUT2D eigenvalue weighted by Crippen LogP contribution is 2.28. The van der Waals surface area contributed by atoms with Gasteiger partial charge >= 0.3 is 0 Å². The van der Waals surface area contributed by atoms with E-state index in [9.17, 15) is 5.11 Å². The Morgan fingerprint density at radius 3 is 2.47 bits per heavy atom. The zero-order valence-corrected chi connectivity index (χ0v) is 12.6. The first-order valence-electron chi connectivity index (χ1n) is 7.02. The van der Waals surface area contributed by atoms with Crippen molar-refractivity contribution in [2.24, 2.45) is 0 Å². The molecule has 0 aliphatic heterocycles. The molecule has 4 heteroatoms. The van der Waals surface area contributed by atoms with Crippen LogP contribution in [-0.4, -0.2) is 17.8 Å². The van der Waals surface area contributed by atoms with Crippen molar-refractivity contribution in [1.29, 1.82) is 0 Å². The first-order valence-corrected chi connectivity index (χ1v) is 7.78. The number of benzene rings is 1. The summed E-state index contributed by atoms with van der Waals surface area (Å²) in [5.74, 6) is 0. The molecule has 1 saturated carbocycles. The van der Waals surface area contributed by atoms with E-state index < -0.39 is 0 Å². The third kappa shape index (κ3) is 4.35. The van der Waals surface area contributed by atoms with Crippen LogP contribution in [0.15, 0.2) is 18.2 Å². The van der Waals surface area contributed by atoms with Gasteiger partial charge in [0.05, 0.1) is 12.6 Å². The van der Waals surface area contributed by atoms with Crippen molar-refractivity contribution in [3.8, 4) is 0 Å². The molecule has 0 heterocycles. The average molecular weight is 302 g/mol. The largest absolute Gasteiger partial charge is 0.394 e. The molecule has 0 saturated heterocycles. The molecule has 0 spiro atoms. The first-order chi connectivity index (χ1) is 9.20. The average Bonchev–Trinajstić information content (AvgIpc) is 2.67. The fourth-order valence-electron chi connectivity index (χ4n) is 2.75. The molecule has 1 unspecified atom stereocenters. The fraction of sp³-hybridized carbons (Fsp3) is 0.600. The van der Waals surface area contributed by atoms with Gasteiger partial charge in [0.25, 0.3) is 0 Å². The van der Waals surface area contributed by atoms with E-state index >= 15 is 0 Å². The second-order valence-electron chi connectivity index (χ2n) is 5.26. The molecule has 1 atom stereocenters. The Morgan fingerprint density at radius 1 is 1.16 bits per heavy atom. The van der Waals surface area contributed by atoms with E-state index in [1.54, 1.807) is 12.1 Å². The second kappa shape index (κ2) is 7.49. The van der Waals surface area contributed by atoms with Gasteiger partial charge in [0.15, 0.2) is 0 Å². The Morgan fingerprint density at radius 2 is 1.84 bits per heavy atom. The molecule has 1 aromatic carbocycles. The van der Waals surface area contributed by atoms with Crippen LogP contribution < -0.4 is 5.32 Å². The van der Waals surface area contributed by atoms with Crippen LogP contribution in [0.25, 0.3) is 0 Å². The summed E-state index contributed by atoms with van der Waals surface area (Å²) in [6.45, 7) is 0.0383. The highest BCUT2D eigenvalue weighted by atomic mass is 35.5. The van der Waals surface area contributed by atoms with Crippen LogP contribution >= 0.6 is 23.2 Å².